The number of amidine groups is 1. The predicted molar refractivity (Wildman–Crippen MR) is 132 cm³/mol. The van der Waals surface area contributed by atoms with Crippen LogP contribution in [0.2, 0.25) is 0 Å². The highest BCUT2D eigenvalue weighted by molar-refractivity contribution is 5.96. The summed E-state index contributed by atoms with van der Waals surface area (Å²) in [5.41, 5.74) is 11.0. The number of nitrogens with one attached hydrogen (secondary N) is 1. The van der Waals surface area contributed by atoms with Crippen LogP contribution in [0.4, 0.5) is 5.69 Å². The van der Waals surface area contributed by atoms with Gasteiger partial charge in [0.1, 0.15) is 23.0 Å². The summed E-state index contributed by atoms with van der Waals surface area (Å²) >= 11 is 0. The maximum Gasteiger partial charge on any atom is 0.227 e. The van der Waals surface area contributed by atoms with Crippen LogP contribution in [0.15, 0.2) is 65.8 Å². The summed E-state index contributed by atoms with van der Waals surface area (Å²) in [4.78, 5) is 21.5. The number of aromatic nitrogens is 1. The van der Waals surface area contributed by atoms with Crippen LogP contribution in [-0.4, -0.2) is 22.8 Å². The molecule has 1 amide bonds. The number of benzene rings is 2. The second-order valence-electron chi connectivity index (χ2n) is 8.82. The van der Waals surface area contributed by atoms with Gasteiger partial charge in [0.25, 0.3) is 0 Å². The summed E-state index contributed by atoms with van der Waals surface area (Å²) in [6, 6.07) is 17.7. The quantitative estimate of drug-likeness (QED) is 0.413. The van der Waals surface area contributed by atoms with Crippen molar-refractivity contribution in [3.63, 3.8) is 0 Å². The summed E-state index contributed by atoms with van der Waals surface area (Å²) in [6.45, 7) is 5.95. The number of fused-ring (bicyclic) bond motifs is 1. The van der Waals surface area contributed by atoms with Gasteiger partial charge >= 0.3 is 0 Å². The molecule has 1 aliphatic carbocycles. The molecule has 1 unspecified atom stereocenters. The molecule has 33 heavy (non-hydrogen) atoms. The summed E-state index contributed by atoms with van der Waals surface area (Å²) < 4.78 is 6.09. The van der Waals surface area contributed by atoms with Gasteiger partial charge in [-0.15, -0.1) is 0 Å². The number of anilines is 1. The number of rotatable bonds is 6. The van der Waals surface area contributed by atoms with E-state index in [1.54, 1.807) is 18.3 Å². The van der Waals surface area contributed by atoms with Crippen molar-refractivity contribution in [1.82, 2.24) is 4.98 Å². The minimum absolute atomic E-state index is 0.0622. The van der Waals surface area contributed by atoms with Gasteiger partial charge in [0.15, 0.2) is 0 Å². The van der Waals surface area contributed by atoms with Gasteiger partial charge in [-0.25, -0.2) is 0 Å². The van der Waals surface area contributed by atoms with Gasteiger partial charge in [0.05, 0.1) is 0 Å². The van der Waals surface area contributed by atoms with Gasteiger partial charge in [0.2, 0.25) is 5.91 Å². The normalized spacial score (nSPS) is 15.8. The lowest BCUT2D eigenvalue weighted by atomic mass is 9.83. The van der Waals surface area contributed by atoms with E-state index in [1.165, 1.54) is 5.56 Å². The van der Waals surface area contributed by atoms with E-state index in [9.17, 15) is 4.79 Å². The number of nitrogens with zero attached hydrogens (tertiary/aromatic N) is 2. The Kier molecular flexibility index (Phi) is 6.73. The smallest absolute Gasteiger partial charge is 0.227 e. The monoisotopic (exact) mass is 442 g/mol. The molecule has 0 aliphatic heterocycles. The van der Waals surface area contributed by atoms with Crippen molar-refractivity contribution in [2.75, 3.05) is 5.32 Å². The molecule has 170 valence electrons. The largest absolute Gasteiger partial charge is 0.457 e. The van der Waals surface area contributed by atoms with Crippen molar-refractivity contribution >= 4 is 17.4 Å². The van der Waals surface area contributed by atoms with Gasteiger partial charge in [0, 0.05) is 29.9 Å². The van der Waals surface area contributed by atoms with Crippen molar-refractivity contribution in [3.8, 4) is 11.5 Å². The number of aryl methyl sites for hydroxylation is 2. The number of carbonyl (C=O) groups is 1. The first-order chi connectivity index (χ1) is 15.9. The molecule has 0 spiro atoms. The van der Waals surface area contributed by atoms with Crippen molar-refractivity contribution < 1.29 is 9.53 Å². The Morgan fingerprint density at radius 2 is 1.94 bits per heavy atom. The van der Waals surface area contributed by atoms with Crippen LogP contribution in [0, 0.1) is 12.8 Å². The lowest BCUT2D eigenvalue weighted by molar-refractivity contribution is -0.120. The SMILES string of the molecule is Cc1cccc(NC(=O)C2CCc3ccc(Oc4ccnc(C(N)=NC(C)C)c4)cc3C2)c1. The molecule has 1 aromatic heterocycles. The van der Waals surface area contributed by atoms with Gasteiger partial charge in [-0.05, 0) is 87.1 Å². The molecule has 1 atom stereocenters. The molecular weight excluding hydrogens is 412 g/mol. The maximum absolute atomic E-state index is 12.9. The van der Waals surface area contributed by atoms with Crippen LogP contribution in [0.25, 0.3) is 0 Å². The lowest BCUT2D eigenvalue weighted by Gasteiger charge is -2.24. The van der Waals surface area contributed by atoms with Crippen LogP contribution in [0.3, 0.4) is 0 Å². The molecule has 1 heterocycles. The zero-order valence-corrected chi connectivity index (χ0v) is 19.3. The number of carbonyl (C=O) groups excluding carboxylic acids is 1. The Morgan fingerprint density at radius 3 is 2.73 bits per heavy atom. The molecule has 4 rings (SSSR count). The van der Waals surface area contributed by atoms with Crippen LogP contribution < -0.4 is 15.8 Å². The first-order valence-electron chi connectivity index (χ1n) is 11.3. The highest BCUT2D eigenvalue weighted by atomic mass is 16.5. The highest BCUT2D eigenvalue weighted by Gasteiger charge is 2.25. The lowest BCUT2D eigenvalue weighted by Crippen LogP contribution is -2.28. The minimum Gasteiger partial charge on any atom is -0.457 e. The standard InChI is InChI=1S/C27H30N4O2/c1-17(2)30-26(28)25-16-24(11-12-29-25)33-23-10-9-19-7-8-20(14-21(19)15-23)27(32)31-22-6-4-5-18(3)13-22/h4-6,9-13,15-17,20H,7-8,14H2,1-3H3,(H2,28,30)(H,31,32). The van der Waals surface area contributed by atoms with E-state index in [-0.39, 0.29) is 17.9 Å². The fourth-order valence-corrected chi connectivity index (χ4v) is 4.08. The van der Waals surface area contributed by atoms with Crippen molar-refractivity contribution in [2.24, 2.45) is 16.6 Å². The molecule has 3 aromatic rings. The summed E-state index contributed by atoms with van der Waals surface area (Å²) in [5, 5.41) is 3.07. The Morgan fingerprint density at radius 1 is 1.12 bits per heavy atom. The molecular formula is C27H30N4O2. The number of ether oxygens (including phenoxy) is 1. The van der Waals surface area contributed by atoms with E-state index >= 15 is 0 Å². The molecule has 6 heteroatoms. The fourth-order valence-electron chi connectivity index (χ4n) is 4.08. The third-order valence-electron chi connectivity index (χ3n) is 5.69. The second kappa shape index (κ2) is 9.86. The molecule has 2 aromatic carbocycles. The Hall–Kier alpha value is -3.67. The van der Waals surface area contributed by atoms with Crippen molar-refractivity contribution in [1.29, 1.82) is 0 Å². The van der Waals surface area contributed by atoms with E-state index in [1.807, 2.05) is 57.2 Å². The first kappa shape index (κ1) is 22.5. The second-order valence-corrected chi connectivity index (χ2v) is 8.82. The van der Waals surface area contributed by atoms with Gasteiger partial charge in [-0.1, -0.05) is 18.2 Å². The molecule has 0 fully saturated rings. The average Bonchev–Trinajstić information content (AvgIpc) is 2.78. The van der Waals surface area contributed by atoms with Gasteiger partial charge in [-0.2, -0.15) is 0 Å². The van der Waals surface area contributed by atoms with Crippen LogP contribution in [0.1, 0.15) is 42.7 Å². The van der Waals surface area contributed by atoms with Crippen molar-refractivity contribution in [3.05, 3.63) is 83.2 Å². The topological polar surface area (TPSA) is 89.6 Å². The molecule has 1 aliphatic rings. The summed E-state index contributed by atoms with van der Waals surface area (Å²) in [7, 11) is 0. The number of pyridine rings is 1. The molecule has 6 nitrogen and oxygen atoms in total. The van der Waals surface area contributed by atoms with Crippen LogP contribution in [-0.2, 0) is 17.6 Å². The van der Waals surface area contributed by atoms with Gasteiger partial charge in [-0.3, -0.25) is 14.8 Å². The van der Waals surface area contributed by atoms with E-state index in [0.29, 0.717) is 23.7 Å². The third-order valence-corrected chi connectivity index (χ3v) is 5.69. The van der Waals surface area contributed by atoms with E-state index in [4.69, 9.17) is 10.5 Å². The molecule has 3 N–H and O–H groups in total. The molecule has 0 radical (unpaired) electrons. The van der Waals surface area contributed by atoms with E-state index in [2.05, 4.69) is 21.4 Å². The number of amides is 1. The summed E-state index contributed by atoms with van der Waals surface area (Å²) in [5.74, 6) is 1.77. The van der Waals surface area contributed by atoms with Gasteiger partial charge < -0.3 is 15.8 Å². The molecule has 0 saturated carbocycles. The maximum atomic E-state index is 12.9. The number of nitrogens with two attached hydrogens (primary N) is 1. The Balaban J connectivity index is 1.46. The number of aliphatic imine (C=N–C) groups is 1. The number of hydrogen-bond donors (Lipinski definition) is 2. The minimum atomic E-state index is -0.0622. The van der Waals surface area contributed by atoms with Crippen LogP contribution in [0.5, 0.6) is 11.5 Å². The molecule has 0 bridgehead atoms. The zero-order valence-electron chi connectivity index (χ0n) is 19.3. The van der Waals surface area contributed by atoms with E-state index in [0.717, 1.165) is 35.4 Å². The van der Waals surface area contributed by atoms with E-state index < -0.39 is 0 Å². The average molecular weight is 443 g/mol. The van der Waals surface area contributed by atoms with Crippen molar-refractivity contribution in [2.45, 2.75) is 46.1 Å². The fraction of sp³-hybridized carbons (Fsp3) is 0.296. The molecule has 0 saturated heterocycles. The number of hydrogen-bond acceptors (Lipinski definition) is 4. The van der Waals surface area contributed by atoms with Crippen LogP contribution >= 0.6 is 0 Å². The third kappa shape index (κ3) is 5.77. The Labute approximate surface area is 194 Å². The first-order valence-corrected chi connectivity index (χ1v) is 11.3. The Bertz CT molecular complexity index is 1190. The predicted octanol–water partition coefficient (Wildman–Crippen LogP) is 5.04. The zero-order chi connectivity index (χ0) is 23.4. The summed E-state index contributed by atoms with van der Waals surface area (Å²) in [6.07, 6.45) is 4.08. The highest BCUT2D eigenvalue weighted by Crippen LogP contribution is 2.31.